The highest BCUT2D eigenvalue weighted by atomic mass is 16.2. The molecule has 1 N–H and O–H groups in total. The number of hydrogen-bond acceptors (Lipinski definition) is 2. The molecule has 1 atom stereocenters. The van der Waals surface area contributed by atoms with Crippen LogP contribution in [-0.4, -0.2) is 38.0 Å². The van der Waals surface area contributed by atoms with Gasteiger partial charge in [0.1, 0.15) is 0 Å². The molecule has 1 aliphatic heterocycles. The van der Waals surface area contributed by atoms with Crippen molar-refractivity contribution in [3.05, 3.63) is 35.4 Å². The predicted octanol–water partition coefficient (Wildman–Crippen LogP) is 1.70. The number of aryl methyl sites for hydroxylation is 1. The average Bonchev–Trinajstić information content (AvgIpc) is 2.34. The molecule has 0 bridgehead atoms. The van der Waals surface area contributed by atoms with Crippen LogP contribution in [0.2, 0.25) is 0 Å². The molecule has 0 radical (unpaired) electrons. The fraction of sp³-hybridized carbons (Fsp3) is 0.533. The number of likely N-dealkylation sites (N-methyl/N-ethyl adjacent to an activating group) is 1. The van der Waals surface area contributed by atoms with E-state index in [1.54, 1.807) is 0 Å². The van der Waals surface area contributed by atoms with Gasteiger partial charge in [0, 0.05) is 32.0 Å². The van der Waals surface area contributed by atoms with Crippen molar-refractivity contribution in [1.82, 2.24) is 10.2 Å². The smallest absolute Gasteiger partial charge is 0.223 e. The summed E-state index contributed by atoms with van der Waals surface area (Å²) in [6.07, 6.45) is 1.63. The molecular formula is C15H22N2O. The van der Waals surface area contributed by atoms with Crippen LogP contribution in [0.5, 0.6) is 0 Å². The number of carbonyl (C=O) groups excluding carboxylic acids is 1. The molecule has 98 valence electrons. The van der Waals surface area contributed by atoms with Gasteiger partial charge in [0.25, 0.3) is 0 Å². The van der Waals surface area contributed by atoms with E-state index in [9.17, 15) is 4.79 Å². The number of carbonyl (C=O) groups is 1. The Balaban J connectivity index is 2.35. The Morgan fingerprint density at radius 3 is 2.83 bits per heavy atom. The van der Waals surface area contributed by atoms with E-state index in [0.29, 0.717) is 6.42 Å². The summed E-state index contributed by atoms with van der Waals surface area (Å²) in [6.45, 7) is 3.80. The summed E-state index contributed by atoms with van der Waals surface area (Å²) < 4.78 is 0. The Labute approximate surface area is 109 Å². The van der Waals surface area contributed by atoms with Crippen LogP contribution in [0.4, 0.5) is 0 Å². The highest BCUT2D eigenvalue weighted by Gasteiger charge is 2.38. The first-order valence-corrected chi connectivity index (χ1v) is 6.53. The van der Waals surface area contributed by atoms with Gasteiger partial charge in [-0.25, -0.2) is 0 Å². The summed E-state index contributed by atoms with van der Waals surface area (Å²) >= 11 is 0. The van der Waals surface area contributed by atoms with Crippen molar-refractivity contribution in [2.45, 2.75) is 25.2 Å². The van der Waals surface area contributed by atoms with Gasteiger partial charge >= 0.3 is 0 Å². The second-order valence-corrected chi connectivity index (χ2v) is 5.42. The van der Waals surface area contributed by atoms with Crippen molar-refractivity contribution >= 4 is 5.91 Å². The largest absolute Gasteiger partial charge is 0.346 e. The van der Waals surface area contributed by atoms with Crippen LogP contribution >= 0.6 is 0 Å². The minimum Gasteiger partial charge on any atom is -0.346 e. The van der Waals surface area contributed by atoms with Crippen LogP contribution in [-0.2, 0) is 10.2 Å². The second-order valence-electron chi connectivity index (χ2n) is 5.42. The summed E-state index contributed by atoms with van der Waals surface area (Å²) in [5.41, 5.74) is 2.51. The van der Waals surface area contributed by atoms with Crippen molar-refractivity contribution in [1.29, 1.82) is 0 Å². The van der Waals surface area contributed by atoms with Gasteiger partial charge in [0.05, 0.1) is 0 Å². The van der Waals surface area contributed by atoms with Gasteiger partial charge < -0.3 is 10.2 Å². The lowest BCUT2D eigenvalue weighted by molar-refractivity contribution is -0.134. The molecule has 3 heteroatoms. The number of piperidine rings is 1. The normalized spacial score (nSPS) is 24.4. The number of rotatable bonds is 3. The summed E-state index contributed by atoms with van der Waals surface area (Å²) in [4.78, 5) is 13.9. The lowest BCUT2D eigenvalue weighted by Crippen LogP contribution is -2.49. The monoisotopic (exact) mass is 246 g/mol. The van der Waals surface area contributed by atoms with Crippen LogP contribution in [0.25, 0.3) is 0 Å². The molecule has 1 saturated heterocycles. The zero-order valence-corrected chi connectivity index (χ0v) is 11.5. The van der Waals surface area contributed by atoms with Gasteiger partial charge in [-0.2, -0.15) is 0 Å². The van der Waals surface area contributed by atoms with Gasteiger partial charge in [0.15, 0.2) is 0 Å². The van der Waals surface area contributed by atoms with Crippen LogP contribution in [0.1, 0.15) is 24.0 Å². The summed E-state index contributed by atoms with van der Waals surface area (Å²) in [7, 11) is 3.85. The molecule has 1 aromatic rings. The van der Waals surface area contributed by atoms with Gasteiger partial charge in [0.2, 0.25) is 5.91 Å². The molecular weight excluding hydrogens is 224 g/mol. The quantitative estimate of drug-likeness (QED) is 0.880. The zero-order valence-electron chi connectivity index (χ0n) is 11.5. The number of nitrogens with zero attached hydrogens (tertiary/aromatic N) is 1. The summed E-state index contributed by atoms with van der Waals surface area (Å²) in [6, 6.07) is 8.57. The Kier molecular flexibility index (Phi) is 3.71. The van der Waals surface area contributed by atoms with Crippen LogP contribution in [0.15, 0.2) is 24.3 Å². The molecule has 1 aromatic carbocycles. The Hall–Kier alpha value is -1.35. The van der Waals surface area contributed by atoms with Crippen molar-refractivity contribution in [3.8, 4) is 0 Å². The molecule has 1 amide bonds. The molecule has 1 aliphatic rings. The first-order chi connectivity index (χ1) is 8.57. The van der Waals surface area contributed by atoms with Gasteiger partial charge in [-0.15, -0.1) is 0 Å². The molecule has 0 aromatic heterocycles. The first-order valence-electron chi connectivity index (χ1n) is 6.53. The molecule has 1 fully saturated rings. The van der Waals surface area contributed by atoms with E-state index in [2.05, 4.69) is 36.5 Å². The molecule has 2 rings (SSSR count). The van der Waals surface area contributed by atoms with Crippen molar-refractivity contribution in [2.75, 3.05) is 27.2 Å². The molecule has 3 nitrogen and oxygen atoms in total. The highest BCUT2D eigenvalue weighted by molar-refractivity contribution is 5.78. The van der Waals surface area contributed by atoms with Gasteiger partial charge in [-0.1, -0.05) is 29.8 Å². The van der Waals surface area contributed by atoms with Gasteiger partial charge in [-0.3, -0.25) is 4.79 Å². The first kappa shape index (κ1) is 13.1. The number of benzene rings is 1. The van der Waals surface area contributed by atoms with E-state index in [1.807, 2.05) is 19.0 Å². The third-order valence-electron chi connectivity index (χ3n) is 3.99. The SMILES string of the molecule is CNCC1(c2cccc(C)c2)CCN(C)C(=O)C1. The number of amides is 1. The van der Waals surface area contributed by atoms with E-state index >= 15 is 0 Å². The van der Waals surface area contributed by atoms with E-state index in [1.165, 1.54) is 11.1 Å². The van der Waals surface area contributed by atoms with E-state index in [0.717, 1.165) is 19.5 Å². The molecule has 1 heterocycles. The molecule has 0 spiro atoms. The Morgan fingerprint density at radius 1 is 1.44 bits per heavy atom. The number of hydrogen-bond donors (Lipinski definition) is 1. The number of nitrogens with one attached hydrogen (secondary N) is 1. The number of likely N-dealkylation sites (tertiary alicyclic amines) is 1. The summed E-state index contributed by atoms with van der Waals surface area (Å²) in [5, 5.41) is 3.26. The average molecular weight is 246 g/mol. The van der Waals surface area contributed by atoms with E-state index in [4.69, 9.17) is 0 Å². The lowest BCUT2D eigenvalue weighted by Gasteiger charge is -2.40. The van der Waals surface area contributed by atoms with E-state index < -0.39 is 0 Å². The zero-order chi connectivity index (χ0) is 13.2. The maximum absolute atomic E-state index is 12.0. The van der Waals surface area contributed by atoms with Crippen molar-refractivity contribution in [3.63, 3.8) is 0 Å². The topological polar surface area (TPSA) is 32.3 Å². The fourth-order valence-corrected chi connectivity index (χ4v) is 2.83. The predicted molar refractivity (Wildman–Crippen MR) is 73.7 cm³/mol. The van der Waals surface area contributed by atoms with Crippen molar-refractivity contribution < 1.29 is 4.79 Å². The van der Waals surface area contributed by atoms with Crippen molar-refractivity contribution in [2.24, 2.45) is 0 Å². The molecule has 18 heavy (non-hydrogen) atoms. The molecule has 0 saturated carbocycles. The molecule has 1 unspecified atom stereocenters. The highest BCUT2D eigenvalue weighted by Crippen LogP contribution is 2.35. The summed E-state index contributed by atoms with van der Waals surface area (Å²) in [5.74, 6) is 0.248. The standard InChI is InChI=1S/C15H22N2O/c1-12-5-4-6-13(9-12)15(11-16-2)7-8-17(3)14(18)10-15/h4-6,9,16H,7-8,10-11H2,1-3H3. The van der Waals surface area contributed by atoms with Gasteiger partial charge in [-0.05, 0) is 26.0 Å². The third-order valence-corrected chi connectivity index (χ3v) is 3.99. The van der Waals surface area contributed by atoms with Crippen LogP contribution < -0.4 is 5.32 Å². The molecule has 0 aliphatic carbocycles. The minimum absolute atomic E-state index is 0.0373. The van der Waals surface area contributed by atoms with Crippen LogP contribution in [0.3, 0.4) is 0 Å². The maximum Gasteiger partial charge on any atom is 0.223 e. The Bertz CT molecular complexity index is 444. The lowest BCUT2D eigenvalue weighted by atomic mass is 9.72. The van der Waals surface area contributed by atoms with E-state index in [-0.39, 0.29) is 11.3 Å². The Morgan fingerprint density at radius 2 is 2.22 bits per heavy atom. The maximum atomic E-state index is 12.0. The second kappa shape index (κ2) is 5.11. The minimum atomic E-state index is -0.0373. The third kappa shape index (κ3) is 2.41. The van der Waals surface area contributed by atoms with Crippen LogP contribution in [0, 0.1) is 6.92 Å². The fourth-order valence-electron chi connectivity index (χ4n) is 2.83.